The van der Waals surface area contributed by atoms with Crippen LogP contribution in [0.3, 0.4) is 0 Å². The van der Waals surface area contributed by atoms with Gasteiger partial charge in [0.25, 0.3) is 0 Å². The zero-order valence-corrected chi connectivity index (χ0v) is 22.9. The quantitative estimate of drug-likeness (QED) is 0.316. The number of rotatable bonds is 11. The molecule has 4 N–H and O–H groups in total. The topological polar surface area (TPSA) is 145 Å². The Morgan fingerprint density at radius 1 is 1.23 bits per heavy atom. The van der Waals surface area contributed by atoms with E-state index in [4.69, 9.17) is 0 Å². The lowest BCUT2D eigenvalue weighted by Gasteiger charge is -2.39. The maximum absolute atomic E-state index is 13.9. The van der Waals surface area contributed by atoms with E-state index in [1.54, 1.807) is 18.2 Å². The Morgan fingerprint density at radius 2 is 1.97 bits per heavy atom. The number of amides is 2. The molecule has 0 saturated heterocycles. The van der Waals surface area contributed by atoms with E-state index in [1.165, 1.54) is 30.6 Å². The van der Waals surface area contributed by atoms with Gasteiger partial charge in [0.15, 0.2) is 0 Å². The molecule has 4 rings (SSSR count). The third-order valence-electron chi connectivity index (χ3n) is 6.95. The fraction of sp³-hybridized carbons (Fsp3) is 0.520. The highest BCUT2D eigenvalue weighted by Gasteiger charge is 2.48. The Kier molecular flexibility index (Phi) is 8.91. The fourth-order valence-corrected chi connectivity index (χ4v) is 7.71. The Morgan fingerprint density at radius 3 is 2.64 bits per heavy atom. The molecule has 2 unspecified atom stereocenters. The third-order valence-corrected chi connectivity index (χ3v) is 10.0. The van der Waals surface area contributed by atoms with Crippen molar-refractivity contribution in [3.63, 3.8) is 0 Å². The Hall–Kier alpha value is -2.65. The average Bonchev–Trinajstić information content (AvgIpc) is 3.51. The first kappa shape index (κ1) is 29.3. The molecule has 1 aromatic carbocycles. The van der Waals surface area contributed by atoms with Crippen molar-refractivity contribution in [2.75, 3.05) is 26.8 Å². The number of methoxy groups -OCH3 is 1. The van der Waals surface area contributed by atoms with Crippen LogP contribution in [0.25, 0.3) is 0 Å². The molecule has 1 heterocycles. The number of sulfonamides is 1. The molecule has 0 bridgehead atoms. The molecule has 2 amide bonds. The highest BCUT2D eigenvalue weighted by atomic mass is 32.2. The highest BCUT2D eigenvalue weighted by molar-refractivity contribution is 7.89. The lowest BCUT2D eigenvalue weighted by Crippen LogP contribution is -2.46. The van der Waals surface area contributed by atoms with E-state index in [9.17, 15) is 37.0 Å². The van der Waals surface area contributed by atoms with Gasteiger partial charge in [0.05, 0.1) is 37.3 Å². The monoisotopic (exact) mass is 587 g/mol. The third kappa shape index (κ3) is 6.74. The number of aliphatic hydroxyl groups is 2. The first-order chi connectivity index (χ1) is 18.4. The molecule has 14 heteroatoms. The van der Waals surface area contributed by atoms with E-state index < -0.39 is 65.5 Å². The van der Waals surface area contributed by atoms with Crippen molar-refractivity contribution in [3.05, 3.63) is 51.2 Å². The molecule has 0 spiro atoms. The average molecular weight is 588 g/mol. The van der Waals surface area contributed by atoms with Crippen LogP contribution in [-0.4, -0.2) is 67.7 Å². The predicted octanol–water partition coefficient (Wildman–Crippen LogP) is 2.47. The number of fused-ring (bicyclic) bond motifs is 1. The molecule has 0 radical (unpaired) electrons. The number of aryl methyl sites for hydroxylation is 1. The van der Waals surface area contributed by atoms with Gasteiger partial charge in [0.2, 0.25) is 21.9 Å². The highest BCUT2D eigenvalue weighted by Crippen LogP contribution is 2.45. The van der Waals surface area contributed by atoms with Gasteiger partial charge in [-0.25, -0.2) is 22.0 Å². The minimum atomic E-state index is -4.25. The number of aliphatic hydroxyl groups excluding tert-OH is 2. The minimum Gasteiger partial charge on any atom is -0.453 e. The largest absolute Gasteiger partial charge is 0.453 e. The number of nitrogens with zero attached hydrogens (tertiary/aromatic N) is 1. The van der Waals surface area contributed by atoms with Gasteiger partial charge >= 0.3 is 6.09 Å². The Balaban J connectivity index is 1.55. The summed E-state index contributed by atoms with van der Waals surface area (Å²) >= 11 is 1.17. The van der Waals surface area contributed by atoms with Crippen LogP contribution >= 0.6 is 11.3 Å². The maximum Gasteiger partial charge on any atom is 0.407 e. The predicted molar refractivity (Wildman–Crippen MR) is 138 cm³/mol. The summed E-state index contributed by atoms with van der Waals surface area (Å²) in [5.74, 6) is -3.89. The zero-order valence-electron chi connectivity index (χ0n) is 21.2. The number of hydrogen-bond acceptors (Lipinski definition) is 8. The molecular formula is C25H31F2N3O7S2. The van der Waals surface area contributed by atoms with Crippen molar-refractivity contribution in [3.8, 4) is 0 Å². The number of carbonyl (C=O) groups excluding carboxylic acids is 2. The minimum absolute atomic E-state index is 0.0751. The molecular weight excluding hydrogens is 556 g/mol. The molecule has 39 heavy (non-hydrogen) atoms. The lowest BCUT2D eigenvalue weighted by molar-refractivity contribution is -0.120. The van der Waals surface area contributed by atoms with Gasteiger partial charge in [-0.05, 0) is 54.2 Å². The smallest absolute Gasteiger partial charge is 0.407 e. The van der Waals surface area contributed by atoms with Gasteiger partial charge in [0, 0.05) is 29.1 Å². The summed E-state index contributed by atoms with van der Waals surface area (Å²) in [4.78, 5) is 24.1. The van der Waals surface area contributed by atoms with E-state index in [2.05, 4.69) is 15.4 Å². The molecule has 2 atom stereocenters. The van der Waals surface area contributed by atoms with Crippen LogP contribution in [0.5, 0.6) is 0 Å². The molecule has 1 saturated carbocycles. The summed E-state index contributed by atoms with van der Waals surface area (Å²) < 4.78 is 60.5. The second-order valence-corrected chi connectivity index (χ2v) is 12.8. The summed E-state index contributed by atoms with van der Waals surface area (Å²) in [6, 6.07) is 6.79. The molecule has 0 aliphatic heterocycles. The van der Waals surface area contributed by atoms with Crippen LogP contribution in [0.4, 0.5) is 13.6 Å². The van der Waals surface area contributed by atoms with Gasteiger partial charge in [0.1, 0.15) is 6.54 Å². The standard InChI is InChI=1S/C25H31F2N3O7S2/c1-37-24(34)29-12-23(33)28-11-17-4-7-22(38-17)20(14-31)30(13-15-9-25(26,27)10-15)39(35,36)18-5-2-16-3-6-21(32)19(16)8-18/h2,4-5,7-8,15,20-21,31-32H,3,6,9-14H2,1H3,(H,28,33)(H,29,34). The van der Waals surface area contributed by atoms with E-state index in [-0.39, 0.29) is 24.5 Å². The number of nitrogens with one attached hydrogen (secondary N) is 2. The first-order valence-electron chi connectivity index (χ1n) is 12.4. The van der Waals surface area contributed by atoms with Crippen LogP contribution < -0.4 is 10.6 Å². The van der Waals surface area contributed by atoms with Crippen molar-refractivity contribution in [2.24, 2.45) is 5.92 Å². The van der Waals surface area contributed by atoms with Crippen molar-refractivity contribution < 1.29 is 41.7 Å². The number of carbonyl (C=O) groups is 2. The molecule has 2 aromatic rings. The van der Waals surface area contributed by atoms with Crippen LogP contribution in [0, 0.1) is 5.92 Å². The number of alkyl carbamates (subject to hydrolysis) is 1. The second kappa shape index (κ2) is 11.8. The number of thiophene rings is 1. The van der Waals surface area contributed by atoms with E-state index in [1.807, 2.05) is 0 Å². The van der Waals surface area contributed by atoms with E-state index in [0.29, 0.717) is 28.2 Å². The molecule has 10 nitrogen and oxygen atoms in total. The summed E-state index contributed by atoms with van der Waals surface area (Å²) in [7, 11) is -3.07. The summed E-state index contributed by atoms with van der Waals surface area (Å²) in [5.41, 5.74) is 1.39. The number of halogens is 2. The van der Waals surface area contributed by atoms with E-state index in [0.717, 1.165) is 9.87 Å². The van der Waals surface area contributed by atoms with Crippen LogP contribution in [0.2, 0.25) is 0 Å². The molecule has 2 aliphatic rings. The summed E-state index contributed by atoms with van der Waals surface area (Å²) in [6.45, 7) is -0.996. The lowest BCUT2D eigenvalue weighted by atomic mass is 9.81. The van der Waals surface area contributed by atoms with Crippen LogP contribution in [-0.2, 0) is 32.5 Å². The number of benzene rings is 1. The number of hydrogen-bond donors (Lipinski definition) is 4. The maximum atomic E-state index is 13.9. The van der Waals surface area contributed by atoms with Crippen molar-refractivity contribution in [1.29, 1.82) is 0 Å². The molecule has 1 fully saturated rings. The normalized spacial score (nSPS) is 19.3. The fourth-order valence-electron chi connectivity index (χ4n) is 4.88. The van der Waals surface area contributed by atoms with Crippen LogP contribution in [0.1, 0.15) is 52.3 Å². The van der Waals surface area contributed by atoms with Crippen molar-refractivity contribution in [1.82, 2.24) is 14.9 Å². The number of ether oxygens (including phenoxy) is 1. The van der Waals surface area contributed by atoms with Gasteiger partial charge < -0.3 is 25.6 Å². The molecule has 1 aromatic heterocycles. The van der Waals surface area contributed by atoms with Gasteiger partial charge in [-0.2, -0.15) is 4.31 Å². The Labute approximate surface area is 229 Å². The molecule has 214 valence electrons. The van der Waals surface area contributed by atoms with E-state index >= 15 is 0 Å². The molecule has 2 aliphatic carbocycles. The van der Waals surface area contributed by atoms with Gasteiger partial charge in [-0.3, -0.25) is 4.79 Å². The number of alkyl halides is 2. The van der Waals surface area contributed by atoms with Gasteiger partial charge in [-0.1, -0.05) is 6.07 Å². The first-order valence-corrected chi connectivity index (χ1v) is 14.7. The zero-order chi connectivity index (χ0) is 28.4. The van der Waals surface area contributed by atoms with Crippen molar-refractivity contribution >= 4 is 33.4 Å². The van der Waals surface area contributed by atoms with Crippen molar-refractivity contribution in [2.45, 2.75) is 55.2 Å². The Bertz CT molecular complexity index is 1310. The van der Waals surface area contributed by atoms with Gasteiger partial charge in [-0.15, -0.1) is 11.3 Å². The summed E-state index contributed by atoms with van der Waals surface area (Å²) in [5, 5.41) is 25.5. The SMILES string of the molecule is COC(=O)NCC(=O)NCc1ccc(C(CO)N(CC2CC(F)(F)C2)S(=O)(=O)c2ccc3c(c2)C(O)CC3)s1. The van der Waals surface area contributed by atoms with Crippen LogP contribution in [0.15, 0.2) is 35.2 Å². The summed E-state index contributed by atoms with van der Waals surface area (Å²) in [6.07, 6.45) is -1.29. The second-order valence-electron chi connectivity index (χ2n) is 9.74.